The topological polar surface area (TPSA) is 76.8 Å². The van der Waals surface area contributed by atoms with Gasteiger partial charge in [0.05, 0.1) is 18.3 Å². The number of hydrogen-bond donors (Lipinski definition) is 0. The summed E-state index contributed by atoms with van der Waals surface area (Å²) >= 11 is 1.26. The van der Waals surface area contributed by atoms with Crippen molar-refractivity contribution in [1.82, 2.24) is 14.0 Å². The number of rotatable bonds is 5. The van der Waals surface area contributed by atoms with Crippen molar-refractivity contribution in [3.05, 3.63) is 56.5 Å². The highest BCUT2D eigenvalue weighted by Gasteiger charge is 2.28. The molecule has 0 aliphatic carbocycles. The Morgan fingerprint density at radius 2 is 1.73 bits per heavy atom. The molecule has 3 heterocycles. The lowest BCUT2D eigenvalue weighted by atomic mass is 9.95. The predicted molar refractivity (Wildman–Crippen MR) is 132 cm³/mol. The molecule has 4 rings (SSSR count). The van der Waals surface area contributed by atoms with Gasteiger partial charge in [-0.3, -0.25) is 19.1 Å². The van der Waals surface area contributed by atoms with Crippen LogP contribution in [0.25, 0.3) is 10.2 Å². The molecule has 1 saturated heterocycles. The maximum absolute atomic E-state index is 13.2. The van der Waals surface area contributed by atoms with Crippen LogP contribution in [0.1, 0.15) is 25.6 Å². The van der Waals surface area contributed by atoms with Crippen LogP contribution in [0.2, 0.25) is 0 Å². The summed E-state index contributed by atoms with van der Waals surface area (Å²) in [5.41, 5.74) is -0.149. The summed E-state index contributed by atoms with van der Waals surface area (Å²) in [6.45, 7) is 9.40. The van der Waals surface area contributed by atoms with E-state index in [2.05, 4.69) is 15.9 Å². The lowest BCUT2D eigenvalue weighted by Crippen LogP contribution is -2.50. The average molecular weight is 471 g/mol. The highest BCUT2D eigenvalue weighted by atomic mass is 32.1. The van der Waals surface area contributed by atoms with Crippen LogP contribution in [0.3, 0.4) is 0 Å². The number of nitrogens with zero attached hydrogens (tertiary/aromatic N) is 4. The second kappa shape index (κ2) is 9.15. The van der Waals surface area contributed by atoms with Crippen molar-refractivity contribution in [2.24, 2.45) is 5.41 Å². The van der Waals surface area contributed by atoms with E-state index in [0.717, 1.165) is 37.6 Å². The zero-order valence-corrected chi connectivity index (χ0v) is 20.4. The van der Waals surface area contributed by atoms with E-state index in [1.165, 1.54) is 20.5 Å². The zero-order chi connectivity index (χ0) is 23.8. The SMILES string of the molecule is COc1ccccc1N1CCN(CCn2c(=O)c3sccc3n(C(=O)C(C)(C)C)c2=O)CC1. The highest BCUT2D eigenvalue weighted by molar-refractivity contribution is 7.17. The van der Waals surface area contributed by atoms with Crippen LogP contribution in [0.15, 0.2) is 45.3 Å². The largest absolute Gasteiger partial charge is 0.495 e. The van der Waals surface area contributed by atoms with E-state index in [4.69, 9.17) is 4.74 Å². The minimum Gasteiger partial charge on any atom is -0.495 e. The van der Waals surface area contributed by atoms with Crippen molar-refractivity contribution in [1.29, 1.82) is 0 Å². The molecule has 0 atom stereocenters. The number of ether oxygens (including phenoxy) is 1. The van der Waals surface area contributed by atoms with Gasteiger partial charge >= 0.3 is 5.69 Å². The maximum atomic E-state index is 13.2. The minimum atomic E-state index is -0.740. The summed E-state index contributed by atoms with van der Waals surface area (Å²) < 4.78 is 8.31. The Morgan fingerprint density at radius 1 is 1.03 bits per heavy atom. The average Bonchev–Trinajstić information content (AvgIpc) is 3.28. The second-order valence-corrected chi connectivity index (χ2v) is 10.2. The molecular weight excluding hydrogens is 440 g/mol. The summed E-state index contributed by atoms with van der Waals surface area (Å²) in [5.74, 6) is 0.542. The van der Waals surface area contributed by atoms with Gasteiger partial charge in [-0.25, -0.2) is 9.36 Å². The van der Waals surface area contributed by atoms with Gasteiger partial charge in [-0.1, -0.05) is 32.9 Å². The van der Waals surface area contributed by atoms with E-state index < -0.39 is 11.1 Å². The number of thiophene rings is 1. The van der Waals surface area contributed by atoms with Gasteiger partial charge in [0.25, 0.3) is 5.56 Å². The molecule has 8 nitrogen and oxygen atoms in total. The van der Waals surface area contributed by atoms with Gasteiger partial charge in [0.2, 0.25) is 5.91 Å². The Morgan fingerprint density at radius 3 is 2.39 bits per heavy atom. The summed E-state index contributed by atoms with van der Waals surface area (Å²) in [6, 6.07) is 9.64. The van der Waals surface area contributed by atoms with Crippen LogP contribution in [0.4, 0.5) is 5.69 Å². The normalized spacial score (nSPS) is 15.2. The first-order valence-corrected chi connectivity index (χ1v) is 12.0. The van der Waals surface area contributed by atoms with Crippen LogP contribution in [-0.2, 0) is 6.54 Å². The quantitative estimate of drug-likeness (QED) is 0.571. The standard InChI is InChI=1S/C24H30N4O4S/c1-24(2,3)22(30)28-18-9-16-33-20(18)21(29)27(23(28)31)15-12-25-10-13-26(14-11-25)17-7-5-6-8-19(17)32-4/h5-9,16H,10-15H2,1-4H3. The molecule has 33 heavy (non-hydrogen) atoms. The number of fused-ring (bicyclic) bond motifs is 1. The van der Waals surface area contributed by atoms with Crippen molar-refractivity contribution < 1.29 is 9.53 Å². The van der Waals surface area contributed by atoms with Gasteiger partial charge < -0.3 is 9.64 Å². The molecule has 0 bridgehead atoms. The molecule has 0 spiro atoms. The maximum Gasteiger partial charge on any atom is 0.338 e. The van der Waals surface area contributed by atoms with Gasteiger partial charge in [0.1, 0.15) is 10.4 Å². The van der Waals surface area contributed by atoms with Crippen molar-refractivity contribution in [2.45, 2.75) is 27.3 Å². The molecule has 1 aliphatic heterocycles. The smallest absolute Gasteiger partial charge is 0.338 e. The van der Waals surface area contributed by atoms with Gasteiger partial charge in [-0.05, 0) is 23.6 Å². The van der Waals surface area contributed by atoms with Crippen LogP contribution in [0.5, 0.6) is 5.75 Å². The fourth-order valence-electron chi connectivity index (χ4n) is 4.15. The Bertz CT molecular complexity index is 1280. The molecule has 0 radical (unpaired) electrons. The Hall–Kier alpha value is -2.91. The molecule has 0 saturated carbocycles. The van der Waals surface area contributed by atoms with Gasteiger partial charge in [-0.15, -0.1) is 11.3 Å². The van der Waals surface area contributed by atoms with Crippen LogP contribution < -0.4 is 20.9 Å². The lowest BCUT2D eigenvalue weighted by Gasteiger charge is -2.36. The lowest BCUT2D eigenvalue weighted by molar-refractivity contribution is 0.0763. The number of hydrogen-bond acceptors (Lipinski definition) is 7. The number of aromatic nitrogens is 2. The molecule has 0 N–H and O–H groups in total. The van der Waals surface area contributed by atoms with Crippen LogP contribution in [0, 0.1) is 5.41 Å². The van der Waals surface area contributed by atoms with E-state index >= 15 is 0 Å². The molecular formula is C24H30N4O4S. The molecule has 176 valence electrons. The van der Waals surface area contributed by atoms with Gasteiger partial charge in [0, 0.05) is 44.7 Å². The number of carbonyl (C=O) groups is 1. The third-order valence-corrected chi connectivity index (χ3v) is 6.92. The van der Waals surface area contributed by atoms with Gasteiger partial charge in [-0.2, -0.15) is 0 Å². The Kier molecular flexibility index (Phi) is 6.45. The molecule has 1 aliphatic rings. The molecule has 0 unspecified atom stereocenters. The number of anilines is 1. The second-order valence-electron chi connectivity index (χ2n) is 9.27. The van der Waals surface area contributed by atoms with Crippen LogP contribution >= 0.6 is 11.3 Å². The Labute approximate surface area is 196 Å². The monoisotopic (exact) mass is 470 g/mol. The third kappa shape index (κ3) is 4.47. The van der Waals surface area contributed by atoms with Crippen molar-refractivity contribution in [3.8, 4) is 5.75 Å². The fraction of sp³-hybridized carbons (Fsp3) is 0.458. The molecule has 3 aromatic rings. The van der Waals surface area contributed by atoms with Crippen molar-refractivity contribution >= 4 is 33.1 Å². The number of methoxy groups -OCH3 is 1. The molecule has 1 fully saturated rings. The van der Waals surface area contributed by atoms with E-state index in [0.29, 0.717) is 16.8 Å². The van der Waals surface area contributed by atoms with E-state index in [9.17, 15) is 14.4 Å². The predicted octanol–water partition coefficient (Wildman–Crippen LogP) is 2.74. The highest BCUT2D eigenvalue weighted by Crippen LogP contribution is 2.28. The number of para-hydroxylation sites is 2. The van der Waals surface area contributed by atoms with E-state index in [1.54, 1.807) is 39.3 Å². The summed E-state index contributed by atoms with van der Waals surface area (Å²) in [7, 11) is 1.68. The summed E-state index contributed by atoms with van der Waals surface area (Å²) in [6.07, 6.45) is 0. The van der Waals surface area contributed by atoms with Crippen molar-refractivity contribution in [2.75, 3.05) is 44.7 Å². The summed E-state index contributed by atoms with van der Waals surface area (Å²) in [5, 5.41) is 1.75. The van der Waals surface area contributed by atoms with Crippen molar-refractivity contribution in [3.63, 3.8) is 0 Å². The fourth-order valence-corrected chi connectivity index (χ4v) is 4.97. The van der Waals surface area contributed by atoms with E-state index in [1.807, 2.05) is 18.2 Å². The Balaban J connectivity index is 1.52. The first kappa shape index (κ1) is 23.3. The minimum absolute atomic E-state index is 0.248. The first-order chi connectivity index (χ1) is 15.7. The number of carbonyl (C=O) groups excluding carboxylic acids is 1. The zero-order valence-electron chi connectivity index (χ0n) is 19.5. The number of piperazine rings is 1. The van der Waals surface area contributed by atoms with E-state index in [-0.39, 0.29) is 18.0 Å². The first-order valence-electron chi connectivity index (χ1n) is 11.1. The molecule has 1 aromatic carbocycles. The number of benzene rings is 1. The van der Waals surface area contributed by atoms with Crippen LogP contribution in [-0.4, -0.2) is 59.8 Å². The summed E-state index contributed by atoms with van der Waals surface area (Å²) in [4.78, 5) is 43.8. The van der Waals surface area contributed by atoms with Gasteiger partial charge in [0.15, 0.2) is 0 Å². The molecule has 2 aromatic heterocycles. The molecule has 0 amide bonds. The third-order valence-electron chi connectivity index (χ3n) is 6.03. The molecule has 9 heteroatoms.